The van der Waals surface area contributed by atoms with Gasteiger partial charge in [0.05, 0.1) is 0 Å². The molecule has 3 N–H and O–H groups in total. The third-order valence-electron chi connectivity index (χ3n) is 4.00. The van der Waals surface area contributed by atoms with Crippen LogP contribution in [0.1, 0.15) is 18.4 Å². The Hall–Kier alpha value is -0.900. The third-order valence-corrected chi connectivity index (χ3v) is 4.00. The molecule has 1 fully saturated rings. The normalized spacial score (nSPS) is 25.2. The Balaban J connectivity index is 1.89. The number of rotatable bonds is 5. The largest absolute Gasteiger partial charge is 0.396 e. The topological polar surface area (TPSA) is 49.5 Å². The summed E-state index contributed by atoms with van der Waals surface area (Å²) in [5, 5.41) is 9.50. The smallest absolute Gasteiger partial charge is 0.0474 e. The van der Waals surface area contributed by atoms with Crippen LogP contribution in [0.3, 0.4) is 0 Å². The van der Waals surface area contributed by atoms with Crippen molar-refractivity contribution in [1.29, 1.82) is 0 Å². The molecule has 1 saturated heterocycles. The maximum Gasteiger partial charge on any atom is 0.0474 e. The van der Waals surface area contributed by atoms with Gasteiger partial charge in [0.2, 0.25) is 0 Å². The van der Waals surface area contributed by atoms with Crippen LogP contribution in [0.15, 0.2) is 30.3 Å². The van der Waals surface area contributed by atoms with Crippen molar-refractivity contribution in [3.8, 4) is 0 Å². The number of aliphatic hydroxyl groups excluding tert-OH is 1. The van der Waals surface area contributed by atoms with Gasteiger partial charge in [-0.3, -0.25) is 4.90 Å². The van der Waals surface area contributed by atoms with Crippen molar-refractivity contribution in [2.75, 3.05) is 26.2 Å². The van der Waals surface area contributed by atoms with Crippen molar-refractivity contribution in [2.45, 2.75) is 19.4 Å². The van der Waals surface area contributed by atoms with Gasteiger partial charge in [-0.2, -0.15) is 0 Å². The highest BCUT2D eigenvalue weighted by Gasteiger charge is 2.27. The zero-order valence-electron chi connectivity index (χ0n) is 11.0. The van der Waals surface area contributed by atoms with E-state index in [0.29, 0.717) is 11.8 Å². The Kier molecular flexibility index (Phi) is 5.17. The Morgan fingerprint density at radius 1 is 1.22 bits per heavy atom. The summed E-state index contributed by atoms with van der Waals surface area (Å²) in [5.41, 5.74) is 6.99. The van der Waals surface area contributed by atoms with Crippen molar-refractivity contribution < 1.29 is 5.11 Å². The molecule has 0 aromatic heterocycles. The molecule has 100 valence electrons. The number of hydrogen-bond donors (Lipinski definition) is 2. The van der Waals surface area contributed by atoms with E-state index in [4.69, 9.17) is 5.73 Å². The average molecular weight is 248 g/mol. The second-order valence-corrected chi connectivity index (χ2v) is 5.29. The lowest BCUT2D eigenvalue weighted by Gasteiger charge is -2.37. The molecule has 0 saturated carbocycles. The zero-order chi connectivity index (χ0) is 12.8. The van der Waals surface area contributed by atoms with Crippen LogP contribution in [0, 0.1) is 11.8 Å². The minimum atomic E-state index is 0.288. The highest BCUT2D eigenvalue weighted by Crippen LogP contribution is 2.26. The molecule has 3 nitrogen and oxygen atoms in total. The van der Waals surface area contributed by atoms with E-state index in [2.05, 4.69) is 29.2 Å². The first-order valence-corrected chi connectivity index (χ1v) is 6.90. The van der Waals surface area contributed by atoms with E-state index in [1.165, 1.54) is 5.56 Å². The molecule has 0 spiro atoms. The third kappa shape index (κ3) is 3.55. The van der Waals surface area contributed by atoms with Gasteiger partial charge in [-0.25, -0.2) is 0 Å². The summed E-state index contributed by atoms with van der Waals surface area (Å²) in [7, 11) is 0. The van der Waals surface area contributed by atoms with Crippen LogP contribution in [0.4, 0.5) is 0 Å². The molecule has 18 heavy (non-hydrogen) atoms. The maximum atomic E-state index is 9.50. The number of piperidine rings is 1. The summed E-state index contributed by atoms with van der Waals surface area (Å²) in [6.45, 7) is 4.13. The summed E-state index contributed by atoms with van der Waals surface area (Å²) in [6, 6.07) is 10.5. The van der Waals surface area contributed by atoms with Crippen molar-refractivity contribution in [1.82, 2.24) is 4.90 Å². The van der Waals surface area contributed by atoms with Gasteiger partial charge in [0, 0.05) is 19.7 Å². The number of nitrogens with zero attached hydrogens (tertiary/aromatic N) is 1. The molecule has 2 atom stereocenters. The minimum Gasteiger partial charge on any atom is -0.396 e. The molecule has 1 heterocycles. The van der Waals surface area contributed by atoms with E-state index in [0.717, 1.165) is 39.0 Å². The van der Waals surface area contributed by atoms with E-state index in [1.54, 1.807) is 0 Å². The van der Waals surface area contributed by atoms with Crippen LogP contribution in [-0.2, 0) is 6.54 Å². The van der Waals surface area contributed by atoms with Crippen LogP contribution >= 0.6 is 0 Å². The van der Waals surface area contributed by atoms with Crippen molar-refractivity contribution in [3.05, 3.63) is 35.9 Å². The summed E-state index contributed by atoms with van der Waals surface area (Å²) in [5.74, 6) is 0.998. The highest BCUT2D eigenvalue weighted by molar-refractivity contribution is 5.14. The summed E-state index contributed by atoms with van der Waals surface area (Å²) in [4.78, 5) is 2.45. The zero-order valence-corrected chi connectivity index (χ0v) is 11.0. The first-order chi connectivity index (χ1) is 8.83. The van der Waals surface area contributed by atoms with Gasteiger partial charge in [0.25, 0.3) is 0 Å². The van der Waals surface area contributed by atoms with E-state index in [1.807, 2.05) is 6.07 Å². The van der Waals surface area contributed by atoms with E-state index >= 15 is 0 Å². The molecule has 1 aromatic carbocycles. The van der Waals surface area contributed by atoms with Crippen LogP contribution in [-0.4, -0.2) is 36.2 Å². The lowest BCUT2D eigenvalue weighted by Crippen LogP contribution is -2.42. The van der Waals surface area contributed by atoms with Gasteiger partial charge in [0.15, 0.2) is 0 Å². The van der Waals surface area contributed by atoms with E-state index in [9.17, 15) is 5.11 Å². The van der Waals surface area contributed by atoms with Crippen LogP contribution in [0.2, 0.25) is 0 Å². The van der Waals surface area contributed by atoms with Crippen molar-refractivity contribution >= 4 is 0 Å². The SMILES string of the molecule is NCCC1CCN(Cc2ccccc2)CC1CO. The Bertz CT molecular complexity index is 342. The molecule has 1 aliphatic rings. The first kappa shape index (κ1) is 13.5. The van der Waals surface area contributed by atoms with Gasteiger partial charge < -0.3 is 10.8 Å². The molecule has 0 amide bonds. The van der Waals surface area contributed by atoms with Crippen molar-refractivity contribution in [3.63, 3.8) is 0 Å². The highest BCUT2D eigenvalue weighted by atomic mass is 16.3. The Morgan fingerprint density at radius 2 is 2.00 bits per heavy atom. The summed E-state index contributed by atoms with van der Waals surface area (Å²) in [6.07, 6.45) is 2.21. The summed E-state index contributed by atoms with van der Waals surface area (Å²) < 4.78 is 0. The van der Waals surface area contributed by atoms with Gasteiger partial charge in [-0.05, 0) is 43.3 Å². The number of likely N-dealkylation sites (tertiary alicyclic amines) is 1. The number of aliphatic hydroxyl groups is 1. The monoisotopic (exact) mass is 248 g/mol. The molecular weight excluding hydrogens is 224 g/mol. The average Bonchev–Trinajstić information content (AvgIpc) is 2.42. The van der Waals surface area contributed by atoms with Gasteiger partial charge in [-0.1, -0.05) is 30.3 Å². The second-order valence-electron chi connectivity index (χ2n) is 5.29. The van der Waals surface area contributed by atoms with Crippen LogP contribution in [0.25, 0.3) is 0 Å². The Morgan fingerprint density at radius 3 is 2.67 bits per heavy atom. The molecule has 3 heteroatoms. The molecule has 1 aromatic rings. The van der Waals surface area contributed by atoms with Gasteiger partial charge in [-0.15, -0.1) is 0 Å². The van der Waals surface area contributed by atoms with Crippen LogP contribution in [0.5, 0.6) is 0 Å². The fourth-order valence-corrected chi connectivity index (χ4v) is 2.94. The first-order valence-electron chi connectivity index (χ1n) is 6.90. The lowest BCUT2D eigenvalue weighted by molar-refractivity contribution is 0.0654. The number of nitrogens with two attached hydrogens (primary N) is 1. The second kappa shape index (κ2) is 6.88. The standard InChI is InChI=1S/C15H24N2O/c16-8-6-14-7-9-17(11-15(14)12-18)10-13-4-2-1-3-5-13/h1-5,14-15,18H,6-12,16H2. The Labute approximate surface area is 110 Å². The fourth-order valence-electron chi connectivity index (χ4n) is 2.94. The number of hydrogen-bond acceptors (Lipinski definition) is 3. The van der Waals surface area contributed by atoms with Crippen LogP contribution < -0.4 is 5.73 Å². The molecule has 2 unspecified atom stereocenters. The fraction of sp³-hybridized carbons (Fsp3) is 0.600. The molecule has 0 radical (unpaired) electrons. The molecule has 0 aliphatic carbocycles. The molecule has 1 aliphatic heterocycles. The lowest BCUT2D eigenvalue weighted by atomic mass is 9.83. The van der Waals surface area contributed by atoms with E-state index in [-0.39, 0.29) is 6.61 Å². The van der Waals surface area contributed by atoms with Gasteiger partial charge >= 0.3 is 0 Å². The van der Waals surface area contributed by atoms with Crippen molar-refractivity contribution in [2.24, 2.45) is 17.6 Å². The summed E-state index contributed by atoms with van der Waals surface area (Å²) >= 11 is 0. The maximum absolute atomic E-state index is 9.50. The predicted molar refractivity (Wildman–Crippen MR) is 74.1 cm³/mol. The minimum absolute atomic E-state index is 0.288. The predicted octanol–water partition coefficient (Wildman–Crippen LogP) is 1.47. The number of benzene rings is 1. The molecule has 2 rings (SSSR count). The molecular formula is C15H24N2O. The van der Waals surface area contributed by atoms with Gasteiger partial charge in [0.1, 0.15) is 0 Å². The quantitative estimate of drug-likeness (QED) is 0.829. The van der Waals surface area contributed by atoms with E-state index < -0.39 is 0 Å². The molecule has 0 bridgehead atoms.